The number of benzene rings is 9. The molecule has 0 fully saturated rings. The van der Waals surface area contributed by atoms with Gasteiger partial charge in [-0.25, -0.2) is 0 Å². The van der Waals surface area contributed by atoms with Crippen LogP contribution in [-0.2, 0) is 0 Å². The highest BCUT2D eigenvalue weighted by atomic mass is 15.2. The van der Waals surface area contributed by atoms with Gasteiger partial charge in [0.2, 0.25) is 0 Å². The third kappa shape index (κ3) is 4.54. The Morgan fingerprint density at radius 3 is 1.26 bits per heavy atom. The number of rotatable bonds is 4. The SMILES string of the molecule is c1ccc(-c2ccccc2-c2cc3c4c(c2)N(c2ccccc2)c2c(ccc5ccccc25)B4c2ccc4ccccc4c2N3c2ccccc2)cc1. The summed E-state index contributed by atoms with van der Waals surface area (Å²) in [6.45, 7) is 0.0255. The highest BCUT2D eigenvalue weighted by Crippen LogP contribution is 2.49. The molecule has 2 heterocycles. The molecule has 0 aliphatic carbocycles. The van der Waals surface area contributed by atoms with E-state index in [1.165, 1.54) is 82.9 Å². The van der Waals surface area contributed by atoms with Crippen molar-refractivity contribution in [1.82, 2.24) is 0 Å². The number of nitrogens with zero attached hydrogens (tertiary/aromatic N) is 2. The minimum Gasteiger partial charge on any atom is -0.311 e. The molecule has 0 bridgehead atoms. The molecule has 9 aromatic carbocycles. The molecule has 0 atom stereocenters. The Labute approximate surface area is 309 Å². The summed E-state index contributed by atoms with van der Waals surface area (Å²) < 4.78 is 0. The Bertz CT molecular complexity index is 2700. The van der Waals surface area contributed by atoms with Gasteiger partial charge in [0.15, 0.2) is 0 Å². The second kappa shape index (κ2) is 11.9. The standard InChI is InChI=1S/C50H33BN2/c1-4-16-34(17-5-1)40-24-14-15-25-41(40)37-32-46-48-47(33-37)53(39-22-8-3-9-23-39)50-43-27-13-11-19-36(43)29-31-45(50)51(48)44-30-28-35-18-10-12-26-42(35)49(44)52(46)38-20-6-2-7-21-38/h1-33H. The van der Waals surface area contributed by atoms with Gasteiger partial charge in [0.25, 0.3) is 6.71 Å². The predicted molar refractivity (Wildman–Crippen MR) is 226 cm³/mol. The summed E-state index contributed by atoms with van der Waals surface area (Å²) in [7, 11) is 0. The van der Waals surface area contributed by atoms with Gasteiger partial charge >= 0.3 is 0 Å². The van der Waals surface area contributed by atoms with E-state index in [4.69, 9.17) is 0 Å². The second-order valence-corrected chi connectivity index (χ2v) is 14.1. The van der Waals surface area contributed by atoms with Crippen molar-refractivity contribution in [2.24, 2.45) is 0 Å². The van der Waals surface area contributed by atoms with Gasteiger partial charge in [0.1, 0.15) is 0 Å². The second-order valence-electron chi connectivity index (χ2n) is 14.1. The highest BCUT2D eigenvalue weighted by Gasteiger charge is 2.44. The Morgan fingerprint density at radius 2 is 0.755 bits per heavy atom. The Hall–Kier alpha value is -6.84. The quantitative estimate of drug-likeness (QED) is 0.172. The lowest BCUT2D eigenvalue weighted by atomic mass is 9.33. The molecule has 0 aromatic heterocycles. The molecule has 2 aliphatic heterocycles. The fourth-order valence-electron chi connectivity index (χ4n) is 8.97. The fourth-order valence-corrected chi connectivity index (χ4v) is 8.97. The molecule has 0 spiro atoms. The molecule has 0 radical (unpaired) electrons. The monoisotopic (exact) mass is 672 g/mol. The van der Waals surface area contributed by atoms with E-state index in [1.54, 1.807) is 0 Å². The van der Waals surface area contributed by atoms with E-state index >= 15 is 0 Å². The van der Waals surface area contributed by atoms with Gasteiger partial charge in [-0.15, -0.1) is 0 Å². The Kier molecular flexibility index (Phi) is 6.68. The van der Waals surface area contributed by atoms with E-state index in [1.807, 2.05) is 0 Å². The lowest BCUT2D eigenvalue weighted by Gasteiger charge is -2.45. The first-order valence-corrected chi connectivity index (χ1v) is 18.4. The van der Waals surface area contributed by atoms with Crippen molar-refractivity contribution in [3.05, 3.63) is 200 Å². The van der Waals surface area contributed by atoms with Crippen LogP contribution >= 0.6 is 0 Å². The Morgan fingerprint density at radius 1 is 0.340 bits per heavy atom. The van der Waals surface area contributed by atoms with Gasteiger partial charge < -0.3 is 9.80 Å². The summed E-state index contributed by atoms with van der Waals surface area (Å²) in [5.74, 6) is 0. The van der Waals surface area contributed by atoms with Crippen molar-refractivity contribution in [2.45, 2.75) is 0 Å². The maximum absolute atomic E-state index is 2.54. The number of para-hydroxylation sites is 2. The number of fused-ring (bicyclic) bond motifs is 8. The van der Waals surface area contributed by atoms with Gasteiger partial charge in [-0.05, 0) is 85.8 Å². The lowest BCUT2D eigenvalue weighted by Crippen LogP contribution is -2.61. The molecule has 0 amide bonds. The van der Waals surface area contributed by atoms with Crippen LogP contribution in [0.1, 0.15) is 0 Å². The highest BCUT2D eigenvalue weighted by molar-refractivity contribution is 7.00. The minimum atomic E-state index is 0.0255. The average Bonchev–Trinajstić information content (AvgIpc) is 3.24. The van der Waals surface area contributed by atoms with Crippen LogP contribution in [0.15, 0.2) is 200 Å². The zero-order valence-corrected chi connectivity index (χ0v) is 29.0. The molecule has 11 rings (SSSR count). The van der Waals surface area contributed by atoms with Crippen LogP contribution in [0.4, 0.5) is 34.1 Å². The van der Waals surface area contributed by atoms with Crippen molar-refractivity contribution in [3.8, 4) is 22.3 Å². The van der Waals surface area contributed by atoms with Crippen molar-refractivity contribution in [2.75, 3.05) is 9.80 Å². The van der Waals surface area contributed by atoms with Gasteiger partial charge in [0, 0.05) is 44.9 Å². The third-order valence-corrected chi connectivity index (χ3v) is 11.2. The van der Waals surface area contributed by atoms with Gasteiger partial charge in [0.05, 0.1) is 0 Å². The number of anilines is 6. The largest absolute Gasteiger partial charge is 0.311 e. The van der Waals surface area contributed by atoms with E-state index in [-0.39, 0.29) is 6.71 Å². The first-order valence-electron chi connectivity index (χ1n) is 18.4. The minimum absolute atomic E-state index is 0.0255. The molecule has 53 heavy (non-hydrogen) atoms. The first kappa shape index (κ1) is 29.9. The summed E-state index contributed by atoms with van der Waals surface area (Å²) >= 11 is 0. The maximum Gasteiger partial charge on any atom is 0.252 e. The van der Waals surface area contributed by atoms with Gasteiger partial charge in [-0.3, -0.25) is 0 Å². The number of hydrogen-bond donors (Lipinski definition) is 0. The van der Waals surface area contributed by atoms with Crippen molar-refractivity contribution < 1.29 is 0 Å². The van der Waals surface area contributed by atoms with Crippen LogP contribution in [0.3, 0.4) is 0 Å². The van der Waals surface area contributed by atoms with E-state index in [0.29, 0.717) is 0 Å². The van der Waals surface area contributed by atoms with Crippen LogP contribution in [0.5, 0.6) is 0 Å². The van der Waals surface area contributed by atoms with Crippen molar-refractivity contribution >= 4 is 78.8 Å². The molecule has 0 N–H and O–H groups in total. The zero-order chi connectivity index (χ0) is 34.9. The Balaban J connectivity index is 1.32. The van der Waals surface area contributed by atoms with Gasteiger partial charge in [-0.2, -0.15) is 0 Å². The average molecular weight is 673 g/mol. The lowest BCUT2D eigenvalue weighted by molar-refractivity contribution is 1.27. The molecule has 3 heteroatoms. The normalized spacial score (nSPS) is 12.8. The molecule has 0 unspecified atom stereocenters. The van der Waals surface area contributed by atoms with Crippen LogP contribution in [-0.4, -0.2) is 6.71 Å². The third-order valence-electron chi connectivity index (χ3n) is 11.2. The molecular formula is C50H33BN2. The molecule has 0 saturated carbocycles. The summed E-state index contributed by atoms with van der Waals surface area (Å²) in [6.07, 6.45) is 0. The zero-order valence-electron chi connectivity index (χ0n) is 29.0. The molecule has 2 nitrogen and oxygen atoms in total. The van der Waals surface area contributed by atoms with Crippen LogP contribution in [0.2, 0.25) is 0 Å². The summed E-state index contributed by atoms with van der Waals surface area (Å²) in [5, 5.41) is 4.98. The molecular weight excluding hydrogens is 639 g/mol. The molecule has 0 saturated heterocycles. The molecule has 9 aromatic rings. The fraction of sp³-hybridized carbons (Fsp3) is 0. The molecule has 246 valence electrons. The smallest absolute Gasteiger partial charge is 0.252 e. The maximum atomic E-state index is 2.54. The topological polar surface area (TPSA) is 6.48 Å². The van der Waals surface area contributed by atoms with Crippen LogP contribution in [0.25, 0.3) is 43.8 Å². The van der Waals surface area contributed by atoms with E-state index in [9.17, 15) is 0 Å². The molecule has 2 aliphatic rings. The first-order chi connectivity index (χ1) is 26.3. The van der Waals surface area contributed by atoms with Crippen LogP contribution in [0, 0.1) is 0 Å². The van der Waals surface area contributed by atoms with E-state index < -0.39 is 0 Å². The van der Waals surface area contributed by atoms with E-state index in [2.05, 4.69) is 210 Å². The predicted octanol–water partition coefficient (Wildman–Crippen LogP) is 11.4. The summed E-state index contributed by atoms with van der Waals surface area (Å²) in [6, 6.07) is 73.6. The van der Waals surface area contributed by atoms with Crippen molar-refractivity contribution in [3.63, 3.8) is 0 Å². The van der Waals surface area contributed by atoms with Crippen LogP contribution < -0.4 is 26.2 Å². The van der Waals surface area contributed by atoms with Gasteiger partial charge in [-0.1, -0.05) is 164 Å². The van der Waals surface area contributed by atoms with E-state index in [0.717, 1.165) is 11.4 Å². The summed E-state index contributed by atoms with van der Waals surface area (Å²) in [5.41, 5.74) is 16.0. The summed E-state index contributed by atoms with van der Waals surface area (Å²) in [4.78, 5) is 5.08. The number of hydrogen-bond acceptors (Lipinski definition) is 2. The van der Waals surface area contributed by atoms with Crippen molar-refractivity contribution in [1.29, 1.82) is 0 Å².